The van der Waals surface area contributed by atoms with Crippen LogP contribution in [-0.4, -0.2) is 9.81 Å². The van der Waals surface area contributed by atoms with E-state index >= 15 is 0 Å². The molecule has 3 unspecified atom stereocenters. The van der Waals surface area contributed by atoms with E-state index < -0.39 is 0 Å². The Kier molecular flexibility index (Phi) is 3.22. The summed E-state index contributed by atoms with van der Waals surface area (Å²) in [6.45, 7) is 2.35. The SMILES string of the molecule is CC1C(Br)CCC1Cc1cccnc1. The fourth-order valence-electron chi connectivity index (χ4n) is 2.30. The molecule has 1 aromatic heterocycles. The van der Waals surface area contributed by atoms with Crippen LogP contribution in [0.4, 0.5) is 0 Å². The Bertz CT molecular complexity index is 286. The molecule has 0 saturated heterocycles. The van der Waals surface area contributed by atoms with Gasteiger partial charge in [-0.2, -0.15) is 0 Å². The summed E-state index contributed by atoms with van der Waals surface area (Å²) in [5.41, 5.74) is 1.38. The van der Waals surface area contributed by atoms with Crippen molar-refractivity contribution in [2.45, 2.75) is 31.0 Å². The minimum absolute atomic E-state index is 0.726. The fourth-order valence-corrected chi connectivity index (χ4v) is 3.00. The summed E-state index contributed by atoms with van der Waals surface area (Å²) in [4.78, 5) is 4.89. The molecule has 2 rings (SSSR count). The van der Waals surface area contributed by atoms with Crippen molar-refractivity contribution in [2.24, 2.45) is 11.8 Å². The summed E-state index contributed by atoms with van der Waals surface area (Å²) in [5.74, 6) is 1.64. The van der Waals surface area contributed by atoms with Gasteiger partial charge in [-0.25, -0.2) is 0 Å². The fraction of sp³-hybridized carbons (Fsp3) is 0.583. The summed E-state index contributed by atoms with van der Waals surface area (Å²) in [6.07, 6.45) is 7.71. The topological polar surface area (TPSA) is 12.9 Å². The van der Waals surface area contributed by atoms with Gasteiger partial charge < -0.3 is 0 Å². The lowest BCUT2D eigenvalue weighted by molar-refractivity contribution is 0.423. The number of nitrogens with zero attached hydrogens (tertiary/aromatic N) is 1. The van der Waals surface area contributed by atoms with E-state index in [0.717, 1.165) is 16.7 Å². The highest BCUT2D eigenvalue weighted by Crippen LogP contribution is 2.38. The van der Waals surface area contributed by atoms with Crippen molar-refractivity contribution >= 4 is 15.9 Å². The maximum Gasteiger partial charge on any atom is 0.0299 e. The second-order valence-electron chi connectivity index (χ2n) is 4.28. The number of hydrogen-bond acceptors (Lipinski definition) is 1. The molecular formula is C12H16BrN. The van der Waals surface area contributed by atoms with Gasteiger partial charge in [-0.15, -0.1) is 0 Å². The molecule has 0 N–H and O–H groups in total. The molecule has 0 radical (unpaired) electrons. The van der Waals surface area contributed by atoms with Gasteiger partial charge in [0.15, 0.2) is 0 Å². The van der Waals surface area contributed by atoms with Crippen molar-refractivity contribution in [3.63, 3.8) is 0 Å². The van der Waals surface area contributed by atoms with E-state index in [4.69, 9.17) is 0 Å². The van der Waals surface area contributed by atoms with Gasteiger partial charge in [0.05, 0.1) is 0 Å². The highest BCUT2D eigenvalue weighted by atomic mass is 79.9. The molecule has 76 valence electrons. The molecule has 0 spiro atoms. The first kappa shape index (κ1) is 10.2. The van der Waals surface area contributed by atoms with Gasteiger partial charge in [0.2, 0.25) is 0 Å². The molecule has 0 aliphatic heterocycles. The lowest BCUT2D eigenvalue weighted by Gasteiger charge is -2.16. The zero-order valence-corrected chi connectivity index (χ0v) is 10.1. The third kappa shape index (κ3) is 2.17. The van der Waals surface area contributed by atoms with E-state index in [1.54, 1.807) is 0 Å². The van der Waals surface area contributed by atoms with Crippen molar-refractivity contribution in [3.8, 4) is 0 Å². The Morgan fingerprint density at radius 2 is 2.36 bits per heavy atom. The Balaban J connectivity index is 1.99. The molecule has 1 aliphatic carbocycles. The molecule has 0 aromatic carbocycles. The summed E-state index contributed by atoms with van der Waals surface area (Å²) < 4.78 is 0. The van der Waals surface area contributed by atoms with Crippen LogP contribution in [0.3, 0.4) is 0 Å². The normalized spacial score (nSPS) is 32.0. The number of alkyl halides is 1. The van der Waals surface area contributed by atoms with Gasteiger partial charge in [0.25, 0.3) is 0 Å². The number of pyridine rings is 1. The van der Waals surface area contributed by atoms with Crippen LogP contribution < -0.4 is 0 Å². The number of rotatable bonds is 2. The molecule has 1 aliphatic rings. The third-order valence-corrected chi connectivity index (χ3v) is 4.64. The van der Waals surface area contributed by atoms with E-state index in [1.165, 1.54) is 24.8 Å². The van der Waals surface area contributed by atoms with Crippen molar-refractivity contribution in [3.05, 3.63) is 30.1 Å². The molecular weight excluding hydrogens is 238 g/mol. The van der Waals surface area contributed by atoms with Crippen LogP contribution in [0.15, 0.2) is 24.5 Å². The van der Waals surface area contributed by atoms with Gasteiger partial charge >= 0.3 is 0 Å². The molecule has 14 heavy (non-hydrogen) atoms. The monoisotopic (exact) mass is 253 g/mol. The minimum atomic E-state index is 0.726. The molecule has 0 amide bonds. The molecule has 1 fully saturated rings. The van der Waals surface area contributed by atoms with Gasteiger partial charge in [0, 0.05) is 17.2 Å². The average Bonchev–Trinajstić information content (AvgIpc) is 2.52. The maximum atomic E-state index is 4.16. The smallest absolute Gasteiger partial charge is 0.0299 e. The van der Waals surface area contributed by atoms with E-state index in [-0.39, 0.29) is 0 Å². The van der Waals surface area contributed by atoms with E-state index in [2.05, 4.69) is 33.9 Å². The van der Waals surface area contributed by atoms with Crippen LogP contribution in [0, 0.1) is 11.8 Å². The Morgan fingerprint density at radius 3 is 2.93 bits per heavy atom. The first-order valence-corrected chi connectivity index (χ1v) is 6.22. The predicted molar refractivity (Wildman–Crippen MR) is 62.5 cm³/mol. The number of aromatic nitrogens is 1. The van der Waals surface area contributed by atoms with Gasteiger partial charge in [-0.1, -0.05) is 28.9 Å². The summed E-state index contributed by atoms with van der Waals surface area (Å²) in [5, 5.41) is 0. The van der Waals surface area contributed by atoms with Crippen LogP contribution in [0.1, 0.15) is 25.3 Å². The summed E-state index contributed by atoms with van der Waals surface area (Å²) in [6, 6.07) is 4.21. The lowest BCUT2D eigenvalue weighted by atomic mass is 9.92. The number of halogens is 1. The van der Waals surface area contributed by atoms with Crippen molar-refractivity contribution in [2.75, 3.05) is 0 Å². The maximum absolute atomic E-state index is 4.16. The quantitative estimate of drug-likeness (QED) is 0.737. The highest BCUT2D eigenvalue weighted by molar-refractivity contribution is 9.09. The minimum Gasteiger partial charge on any atom is -0.264 e. The van der Waals surface area contributed by atoms with Crippen molar-refractivity contribution < 1.29 is 0 Å². The van der Waals surface area contributed by atoms with Crippen LogP contribution in [0.25, 0.3) is 0 Å². The standard InChI is InChI=1S/C12H16BrN/c1-9-11(4-5-12(9)13)7-10-3-2-6-14-8-10/h2-3,6,8-9,11-12H,4-5,7H2,1H3. The largest absolute Gasteiger partial charge is 0.264 e. The average molecular weight is 254 g/mol. The Labute approximate surface area is 94.1 Å². The molecule has 1 nitrogen and oxygen atoms in total. The first-order valence-electron chi connectivity index (χ1n) is 5.30. The highest BCUT2D eigenvalue weighted by Gasteiger charge is 2.30. The molecule has 1 heterocycles. The van der Waals surface area contributed by atoms with Gasteiger partial charge in [0.1, 0.15) is 0 Å². The molecule has 1 aromatic rings. The molecule has 2 heteroatoms. The van der Waals surface area contributed by atoms with Gasteiger partial charge in [-0.05, 0) is 42.7 Å². The second kappa shape index (κ2) is 4.43. The summed E-state index contributed by atoms with van der Waals surface area (Å²) >= 11 is 3.74. The van der Waals surface area contributed by atoms with Crippen molar-refractivity contribution in [1.82, 2.24) is 4.98 Å². The van der Waals surface area contributed by atoms with E-state index in [0.29, 0.717) is 0 Å². The Morgan fingerprint density at radius 1 is 1.50 bits per heavy atom. The predicted octanol–water partition coefficient (Wildman–Crippen LogP) is 3.43. The van der Waals surface area contributed by atoms with E-state index in [1.807, 2.05) is 18.5 Å². The van der Waals surface area contributed by atoms with Crippen LogP contribution in [-0.2, 0) is 6.42 Å². The van der Waals surface area contributed by atoms with Gasteiger partial charge in [-0.3, -0.25) is 4.98 Å². The Hall–Kier alpha value is -0.370. The molecule has 0 bridgehead atoms. The summed E-state index contributed by atoms with van der Waals surface area (Å²) in [7, 11) is 0. The van der Waals surface area contributed by atoms with Crippen LogP contribution in [0.2, 0.25) is 0 Å². The second-order valence-corrected chi connectivity index (χ2v) is 5.45. The zero-order valence-electron chi connectivity index (χ0n) is 8.49. The first-order chi connectivity index (χ1) is 6.77. The molecule has 1 saturated carbocycles. The number of hydrogen-bond donors (Lipinski definition) is 0. The molecule has 3 atom stereocenters. The zero-order chi connectivity index (χ0) is 9.97. The lowest BCUT2D eigenvalue weighted by Crippen LogP contribution is -2.12. The third-order valence-electron chi connectivity index (χ3n) is 3.35. The van der Waals surface area contributed by atoms with Crippen LogP contribution >= 0.6 is 15.9 Å². The van der Waals surface area contributed by atoms with Crippen LogP contribution in [0.5, 0.6) is 0 Å². The van der Waals surface area contributed by atoms with Crippen molar-refractivity contribution in [1.29, 1.82) is 0 Å². The van der Waals surface area contributed by atoms with E-state index in [9.17, 15) is 0 Å².